The first-order chi connectivity index (χ1) is 9.06. The molecule has 1 N–H and O–H groups in total. The highest BCUT2D eigenvalue weighted by Crippen LogP contribution is 2.19. The number of pyridine rings is 1. The van der Waals surface area contributed by atoms with E-state index in [9.17, 15) is 10.1 Å². The Labute approximate surface area is 109 Å². The Morgan fingerprint density at radius 2 is 2.00 bits per heavy atom. The van der Waals surface area contributed by atoms with Crippen LogP contribution in [0, 0.1) is 24.0 Å². The second kappa shape index (κ2) is 5.38. The Kier molecular flexibility index (Phi) is 3.65. The van der Waals surface area contributed by atoms with Gasteiger partial charge in [-0.15, -0.1) is 0 Å². The summed E-state index contributed by atoms with van der Waals surface area (Å²) < 4.78 is 0. The molecule has 0 saturated carbocycles. The van der Waals surface area contributed by atoms with Crippen LogP contribution in [0.1, 0.15) is 17.0 Å². The zero-order valence-corrected chi connectivity index (χ0v) is 10.6. The summed E-state index contributed by atoms with van der Waals surface area (Å²) in [5.74, 6) is 0.444. The van der Waals surface area contributed by atoms with Crippen molar-refractivity contribution < 1.29 is 4.92 Å². The predicted octanol–water partition coefficient (Wildman–Crippen LogP) is 2.01. The number of aryl methyl sites for hydroxylation is 2. The Bertz CT molecular complexity index is 598. The lowest BCUT2D eigenvalue weighted by atomic mass is 10.2. The molecule has 0 unspecified atom stereocenters. The summed E-state index contributed by atoms with van der Waals surface area (Å²) in [6.07, 6.45) is 4.80. The zero-order chi connectivity index (χ0) is 13.8. The van der Waals surface area contributed by atoms with Gasteiger partial charge in [0.05, 0.1) is 35.1 Å². The van der Waals surface area contributed by atoms with Gasteiger partial charge in [0.25, 0.3) is 5.69 Å². The van der Waals surface area contributed by atoms with E-state index >= 15 is 0 Å². The third-order valence-corrected chi connectivity index (χ3v) is 2.56. The van der Waals surface area contributed by atoms with Crippen molar-refractivity contribution >= 4 is 11.5 Å². The number of aromatic nitrogens is 3. The largest absolute Gasteiger partial charge is 0.364 e. The Hall–Kier alpha value is -2.57. The Morgan fingerprint density at radius 3 is 2.63 bits per heavy atom. The number of nitro groups is 1. The van der Waals surface area contributed by atoms with Gasteiger partial charge >= 0.3 is 0 Å². The predicted molar refractivity (Wildman–Crippen MR) is 69.7 cm³/mol. The van der Waals surface area contributed by atoms with Crippen LogP contribution in [-0.2, 0) is 6.54 Å². The fraction of sp³-hybridized carbons (Fsp3) is 0.250. The summed E-state index contributed by atoms with van der Waals surface area (Å²) >= 11 is 0. The molecule has 0 aliphatic heterocycles. The van der Waals surface area contributed by atoms with Gasteiger partial charge < -0.3 is 5.32 Å². The minimum Gasteiger partial charge on any atom is -0.364 e. The van der Waals surface area contributed by atoms with Crippen LogP contribution < -0.4 is 5.32 Å². The second-order valence-corrected chi connectivity index (χ2v) is 4.12. The Balaban J connectivity index is 2.09. The molecule has 0 spiro atoms. The first-order valence-electron chi connectivity index (χ1n) is 5.68. The average Bonchev–Trinajstić information content (AvgIpc) is 2.39. The molecule has 0 aliphatic rings. The van der Waals surface area contributed by atoms with Gasteiger partial charge in [0, 0.05) is 18.0 Å². The smallest absolute Gasteiger partial charge is 0.277 e. The quantitative estimate of drug-likeness (QED) is 0.666. The standard InChI is InChI=1S/C12H13N5O2/c1-8-4-15-12(3-11(8)17(18)19)16-7-10-6-13-9(2)5-14-10/h3-6H,7H2,1-2H3,(H,15,16). The lowest BCUT2D eigenvalue weighted by Crippen LogP contribution is -2.05. The molecular formula is C12H13N5O2. The molecule has 2 rings (SSSR count). The minimum absolute atomic E-state index is 0.0486. The van der Waals surface area contributed by atoms with Crippen LogP contribution in [0.25, 0.3) is 0 Å². The van der Waals surface area contributed by atoms with E-state index in [4.69, 9.17) is 0 Å². The molecule has 2 aromatic heterocycles. The number of rotatable bonds is 4. The van der Waals surface area contributed by atoms with E-state index in [1.54, 1.807) is 19.3 Å². The molecule has 0 amide bonds. The molecule has 2 heterocycles. The minimum atomic E-state index is -0.423. The summed E-state index contributed by atoms with van der Waals surface area (Å²) in [5, 5.41) is 13.8. The van der Waals surface area contributed by atoms with Crippen LogP contribution >= 0.6 is 0 Å². The van der Waals surface area contributed by atoms with Crippen LogP contribution in [0.2, 0.25) is 0 Å². The molecule has 0 bridgehead atoms. The molecule has 7 nitrogen and oxygen atoms in total. The molecule has 0 radical (unpaired) electrons. The van der Waals surface area contributed by atoms with E-state index in [1.807, 2.05) is 6.92 Å². The average molecular weight is 259 g/mol. The third-order valence-electron chi connectivity index (χ3n) is 2.56. The highest BCUT2D eigenvalue weighted by molar-refractivity contribution is 5.48. The van der Waals surface area contributed by atoms with Crippen LogP contribution in [0.4, 0.5) is 11.5 Å². The van der Waals surface area contributed by atoms with Crippen LogP contribution in [0.3, 0.4) is 0 Å². The van der Waals surface area contributed by atoms with Crippen molar-refractivity contribution in [1.82, 2.24) is 15.0 Å². The number of nitrogens with one attached hydrogen (secondary N) is 1. The summed E-state index contributed by atoms with van der Waals surface area (Å²) in [7, 11) is 0. The highest BCUT2D eigenvalue weighted by Gasteiger charge is 2.11. The van der Waals surface area contributed by atoms with Gasteiger partial charge in [0.15, 0.2) is 0 Å². The van der Waals surface area contributed by atoms with Crippen LogP contribution in [-0.4, -0.2) is 19.9 Å². The maximum atomic E-state index is 10.8. The maximum Gasteiger partial charge on any atom is 0.277 e. The zero-order valence-electron chi connectivity index (χ0n) is 10.6. The fourth-order valence-electron chi connectivity index (χ4n) is 1.50. The molecule has 0 atom stereocenters. The van der Waals surface area contributed by atoms with Gasteiger partial charge in [0.1, 0.15) is 5.82 Å². The van der Waals surface area contributed by atoms with E-state index < -0.39 is 4.92 Å². The number of anilines is 1. The van der Waals surface area contributed by atoms with Gasteiger partial charge in [-0.2, -0.15) is 0 Å². The third kappa shape index (κ3) is 3.21. The number of nitrogens with zero attached hydrogens (tertiary/aromatic N) is 4. The van der Waals surface area contributed by atoms with E-state index in [2.05, 4.69) is 20.3 Å². The van der Waals surface area contributed by atoms with Crippen LogP contribution in [0.15, 0.2) is 24.7 Å². The van der Waals surface area contributed by atoms with E-state index in [0.717, 1.165) is 11.4 Å². The van der Waals surface area contributed by atoms with Gasteiger partial charge in [-0.3, -0.25) is 20.1 Å². The highest BCUT2D eigenvalue weighted by atomic mass is 16.6. The molecule has 0 aliphatic carbocycles. The Morgan fingerprint density at radius 1 is 1.21 bits per heavy atom. The molecule has 7 heteroatoms. The molecule has 2 aromatic rings. The number of hydrogen-bond acceptors (Lipinski definition) is 6. The fourth-order valence-corrected chi connectivity index (χ4v) is 1.50. The summed E-state index contributed by atoms with van der Waals surface area (Å²) in [5.41, 5.74) is 2.17. The van der Waals surface area contributed by atoms with Gasteiger partial charge in [-0.1, -0.05) is 0 Å². The molecule has 0 aromatic carbocycles. The molecule has 98 valence electrons. The summed E-state index contributed by atoms with van der Waals surface area (Å²) in [6.45, 7) is 3.93. The van der Waals surface area contributed by atoms with Crippen molar-refractivity contribution in [2.45, 2.75) is 20.4 Å². The van der Waals surface area contributed by atoms with E-state index in [0.29, 0.717) is 17.9 Å². The van der Waals surface area contributed by atoms with Gasteiger partial charge in [-0.25, -0.2) is 4.98 Å². The molecule has 0 saturated heterocycles. The lowest BCUT2D eigenvalue weighted by Gasteiger charge is -2.05. The maximum absolute atomic E-state index is 10.8. The SMILES string of the molecule is Cc1cnc(CNc2cc([N+](=O)[O-])c(C)cn2)cn1. The topological polar surface area (TPSA) is 93.8 Å². The van der Waals surface area contributed by atoms with Crippen molar-refractivity contribution in [3.8, 4) is 0 Å². The monoisotopic (exact) mass is 259 g/mol. The van der Waals surface area contributed by atoms with Crippen molar-refractivity contribution in [3.63, 3.8) is 0 Å². The van der Waals surface area contributed by atoms with Gasteiger partial charge in [0.2, 0.25) is 0 Å². The summed E-state index contributed by atoms with van der Waals surface area (Å²) in [6, 6.07) is 1.41. The van der Waals surface area contributed by atoms with Crippen LogP contribution in [0.5, 0.6) is 0 Å². The lowest BCUT2D eigenvalue weighted by molar-refractivity contribution is -0.385. The molecular weight excluding hydrogens is 246 g/mol. The van der Waals surface area contributed by atoms with Gasteiger partial charge in [-0.05, 0) is 13.8 Å². The molecule has 19 heavy (non-hydrogen) atoms. The van der Waals surface area contributed by atoms with E-state index in [1.165, 1.54) is 12.3 Å². The van der Waals surface area contributed by atoms with E-state index in [-0.39, 0.29) is 5.69 Å². The van der Waals surface area contributed by atoms with Crippen molar-refractivity contribution in [3.05, 3.63) is 51.7 Å². The number of hydrogen-bond donors (Lipinski definition) is 1. The van der Waals surface area contributed by atoms with Crippen molar-refractivity contribution in [2.75, 3.05) is 5.32 Å². The second-order valence-electron chi connectivity index (χ2n) is 4.12. The van der Waals surface area contributed by atoms with Crippen molar-refractivity contribution in [2.24, 2.45) is 0 Å². The normalized spacial score (nSPS) is 10.2. The summed E-state index contributed by atoms with van der Waals surface area (Å²) in [4.78, 5) is 22.8. The first-order valence-corrected chi connectivity index (χ1v) is 5.68. The molecule has 0 fully saturated rings. The first kappa shape index (κ1) is 12.9. The van der Waals surface area contributed by atoms with Crippen molar-refractivity contribution in [1.29, 1.82) is 0 Å².